The molecule has 1 aliphatic heterocycles. The molecule has 1 aliphatic carbocycles. The number of nitrogens with zero attached hydrogens (tertiary/aromatic N) is 3. The fraction of sp³-hybridized carbons (Fsp3) is 0.609. The normalized spacial score (nSPS) is 21.5. The molecule has 2 aliphatic rings. The highest BCUT2D eigenvalue weighted by molar-refractivity contribution is 5.55. The number of hydrogen-bond donors (Lipinski definition) is 0. The second kappa shape index (κ2) is 9.32. The predicted molar refractivity (Wildman–Crippen MR) is 111 cm³/mol. The van der Waals surface area contributed by atoms with Crippen LogP contribution in [0.1, 0.15) is 56.8 Å². The number of hydrogen-bond acceptors (Lipinski definition) is 6. The first kappa shape index (κ1) is 21.7. The van der Waals surface area contributed by atoms with E-state index in [1.165, 1.54) is 6.42 Å². The molecule has 1 aromatic carbocycles. The lowest BCUT2D eigenvalue weighted by atomic mass is 9.90. The minimum atomic E-state index is -0.736. The Morgan fingerprint density at radius 2 is 1.97 bits per heavy atom. The maximum atomic E-state index is 13.9. The smallest absolute Gasteiger partial charge is 0.324 e. The van der Waals surface area contributed by atoms with Gasteiger partial charge in [-0.2, -0.15) is 4.98 Å². The molecule has 2 fully saturated rings. The first-order valence-corrected chi connectivity index (χ1v) is 11.1. The van der Waals surface area contributed by atoms with Crippen LogP contribution in [0.2, 0.25) is 0 Å². The standard InChI is InChI=1S/C23H29F2N3O3/c1-14(2)22-26-23(31-27-22)28-7-3-15(4-8-28)19-11-16(19)6-10-30-17-12-20(24)18(5-9-29)21(25)13-17/h9,12-16,19H,3-8,10-11H2,1-2H3. The molecule has 31 heavy (non-hydrogen) atoms. The van der Waals surface area contributed by atoms with Crippen LogP contribution in [0.5, 0.6) is 5.75 Å². The molecule has 2 aromatic rings. The third kappa shape index (κ3) is 5.05. The van der Waals surface area contributed by atoms with Crippen LogP contribution >= 0.6 is 0 Å². The van der Waals surface area contributed by atoms with E-state index in [0.717, 1.165) is 50.3 Å². The quantitative estimate of drug-likeness (QED) is 0.541. The number of aromatic nitrogens is 2. The van der Waals surface area contributed by atoms with E-state index in [-0.39, 0.29) is 23.7 Å². The molecule has 0 amide bonds. The number of benzene rings is 1. The maximum absolute atomic E-state index is 13.9. The number of carbonyl (C=O) groups is 1. The topological polar surface area (TPSA) is 68.5 Å². The van der Waals surface area contributed by atoms with Gasteiger partial charge in [-0.3, -0.25) is 0 Å². The minimum Gasteiger partial charge on any atom is -0.493 e. The van der Waals surface area contributed by atoms with Crippen molar-refractivity contribution in [1.29, 1.82) is 0 Å². The fourth-order valence-corrected chi connectivity index (χ4v) is 4.56. The van der Waals surface area contributed by atoms with Crippen molar-refractivity contribution >= 4 is 12.3 Å². The molecule has 0 N–H and O–H groups in total. The van der Waals surface area contributed by atoms with E-state index in [1.807, 2.05) is 13.8 Å². The van der Waals surface area contributed by atoms with Gasteiger partial charge in [0.1, 0.15) is 23.7 Å². The molecule has 1 saturated carbocycles. The number of halogens is 2. The van der Waals surface area contributed by atoms with Crippen molar-refractivity contribution in [2.45, 2.75) is 51.9 Å². The second-order valence-corrected chi connectivity index (χ2v) is 8.95. The van der Waals surface area contributed by atoms with Gasteiger partial charge in [0.25, 0.3) is 0 Å². The Morgan fingerprint density at radius 1 is 1.26 bits per heavy atom. The number of carbonyl (C=O) groups excluding carboxylic acids is 1. The van der Waals surface area contributed by atoms with E-state index >= 15 is 0 Å². The molecule has 0 spiro atoms. The predicted octanol–water partition coefficient (Wildman–Crippen LogP) is 4.53. The molecule has 1 aromatic heterocycles. The summed E-state index contributed by atoms with van der Waals surface area (Å²) in [7, 11) is 0. The van der Waals surface area contributed by atoms with Gasteiger partial charge in [-0.25, -0.2) is 8.78 Å². The highest BCUT2D eigenvalue weighted by atomic mass is 19.1. The van der Waals surface area contributed by atoms with Crippen molar-refractivity contribution in [3.63, 3.8) is 0 Å². The Balaban J connectivity index is 1.20. The third-order valence-corrected chi connectivity index (χ3v) is 6.50. The average Bonchev–Trinajstić information content (AvgIpc) is 3.33. The zero-order valence-electron chi connectivity index (χ0n) is 18.0. The van der Waals surface area contributed by atoms with Gasteiger partial charge in [-0.05, 0) is 43.4 Å². The summed E-state index contributed by atoms with van der Waals surface area (Å²) in [5, 5.41) is 4.05. The minimum absolute atomic E-state index is 0.176. The Bertz CT molecular complexity index is 886. The number of piperidine rings is 1. The van der Waals surface area contributed by atoms with Gasteiger partial charge < -0.3 is 19.0 Å². The number of ether oxygens (including phenoxy) is 1. The van der Waals surface area contributed by atoms with Crippen molar-refractivity contribution in [2.24, 2.45) is 17.8 Å². The summed E-state index contributed by atoms with van der Waals surface area (Å²) in [5.41, 5.74) is -0.211. The van der Waals surface area contributed by atoms with Crippen LogP contribution in [0.25, 0.3) is 0 Å². The first-order chi connectivity index (χ1) is 15.0. The Morgan fingerprint density at radius 3 is 2.58 bits per heavy atom. The van der Waals surface area contributed by atoms with Crippen LogP contribution in [-0.2, 0) is 11.2 Å². The lowest BCUT2D eigenvalue weighted by molar-refractivity contribution is -0.107. The Hall–Kier alpha value is -2.51. The molecule has 4 rings (SSSR count). The molecule has 2 unspecified atom stereocenters. The van der Waals surface area contributed by atoms with Crippen LogP contribution in [0, 0.1) is 29.4 Å². The van der Waals surface area contributed by atoms with Crippen molar-refractivity contribution in [3.05, 3.63) is 35.2 Å². The van der Waals surface area contributed by atoms with E-state index in [0.29, 0.717) is 36.7 Å². The lowest BCUT2D eigenvalue weighted by Gasteiger charge is -2.30. The molecule has 0 radical (unpaired) electrons. The molecule has 1 saturated heterocycles. The monoisotopic (exact) mass is 433 g/mol. The van der Waals surface area contributed by atoms with E-state index in [1.54, 1.807) is 0 Å². The number of aldehydes is 1. The molecule has 0 bridgehead atoms. The fourth-order valence-electron chi connectivity index (χ4n) is 4.56. The van der Waals surface area contributed by atoms with E-state index < -0.39 is 11.6 Å². The van der Waals surface area contributed by atoms with Crippen LogP contribution in [-0.4, -0.2) is 36.1 Å². The molecular formula is C23H29F2N3O3. The number of rotatable bonds is 9. The van der Waals surface area contributed by atoms with Gasteiger partial charge in [0.05, 0.1) is 6.61 Å². The Labute approximate surface area is 181 Å². The molecule has 168 valence electrons. The highest BCUT2D eigenvalue weighted by Gasteiger charge is 2.43. The van der Waals surface area contributed by atoms with Crippen molar-refractivity contribution in [1.82, 2.24) is 10.1 Å². The average molecular weight is 433 g/mol. The lowest BCUT2D eigenvalue weighted by Crippen LogP contribution is -2.34. The van der Waals surface area contributed by atoms with Crippen molar-refractivity contribution < 1.29 is 22.8 Å². The summed E-state index contributed by atoms with van der Waals surface area (Å²) >= 11 is 0. The van der Waals surface area contributed by atoms with Gasteiger partial charge in [0.15, 0.2) is 5.82 Å². The van der Waals surface area contributed by atoms with Gasteiger partial charge in [0, 0.05) is 43.1 Å². The Kier molecular flexibility index (Phi) is 6.53. The maximum Gasteiger partial charge on any atom is 0.324 e. The summed E-state index contributed by atoms with van der Waals surface area (Å²) in [6.07, 6.45) is 4.50. The van der Waals surface area contributed by atoms with Gasteiger partial charge >= 0.3 is 6.01 Å². The largest absolute Gasteiger partial charge is 0.493 e. The van der Waals surface area contributed by atoms with Gasteiger partial charge in [-0.15, -0.1) is 0 Å². The summed E-state index contributed by atoms with van der Waals surface area (Å²) in [6.45, 7) is 6.39. The van der Waals surface area contributed by atoms with Gasteiger partial charge in [0.2, 0.25) is 0 Å². The number of anilines is 1. The third-order valence-electron chi connectivity index (χ3n) is 6.50. The first-order valence-electron chi connectivity index (χ1n) is 11.1. The van der Waals surface area contributed by atoms with Crippen LogP contribution in [0.4, 0.5) is 14.8 Å². The van der Waals surface area contributed by atoms with Gasteiger partial charge in [-0.1, -0.05) is 19.0 Å². The molecular weight excluding hydrogens is 404 g/mol. The molecule has 8 heteroatoms. The molecule has 2 heterocycles. The molecule has 2 atom stereocenters. The SMILES string of the molecule is CC(C)c1noc(N2CCC(C3CC3CCOc3cc(F)c(CC=O)c(F)c3)CC2)n1. The summed E-state index contributed by atoms with van der Waals surface area (Å²) in [4.78, 5) is 17.2. The van der Waals surface area contributed by atoms with Crippen molar-refractivity contribution in [2.75, 3.05) is 24.6 Å². The van der Waals surface area contributed by atoms with E-state index in [2.05, 4.69) is 15.0 Å². The van der Waals surface area contributed by atoms with E-state index in [9.17, 15) is 13.6 Å². The zero-order valence-corrected chi connectivity index (χ0v) is 18.0. The summed E-state index contributed by atoms with van der Waals surface area (Å²) in [5.74, 6) is 1.70. The second-order valence-electron chi connectivity index (χ2n) is 8.95. The highest BCUT2D eigenvalue weighted by Crippen LogP contribution is 2.50. The van der Waals surface area contributed by atoms with E-state index in [4.69, 9.17) is 9.26 Å². The zero-order chi connectivity index (χ0) is 22.0. The summed E-state index contributed by atoms with van der Waals surface area (Å²) < 4.78 is 38.8. The molecule has 6 nitrogen and oxygen atoms in total. The van der Waals surface area contributed by atoms with Crippen LogP contribution in [0.3, 0.4) is 0 Å². The van der Waals surface area contributed by atoms with Crippen molar-refractivity contribution in [3.8, 4) is 5.75 Å². The van der Waals surface area contributed by atoms with Crippen LogP contribution in [0.15, 0.2) is 16.7 Å². The summed E-state index contributed by atoms with van der Waals surface area (Å²) in [6, 6.07) is 2.94. The van der Waals surface area contributed by atoms with Crippen LogP contribution < -0.4 is 9.64 Å².